The van der Waals surface area contributed by atoms with Crippen molar-refractivity contribution in [3.05, 3.63) is 29.3 Å². The minimum atomic E-state index is -3.66. The van der Waals surface area contributed by atoms with Crippen LogP contribution in [0.5, 0.6) is 0 Å². The van der Waals surface area contributed by atoms with Crippen molar-refractivity contribution < 1.29 is 22.7 Å². The van der Waals surface area contributed by atoms with Gasteiger partial charge in [-0.15, -0.1) is 0 Å². The van der Waals surface area contributed by atoms with Crippen LogP contribution in [0.1, 0.15) is 68.3 Å². The van der Waals surface area contributed by atoms with E-state index >= 15 is 0 Å². The number of amides is 1. The van der Waals surface area contributed by atoms with Crippen LogP contribution in [-0.4, -0.2) is 50.3 Å². The molecule has 1 aromatic carbocycles. The number of benzene rings is 1. The Morgan fingerprint density at radius 1 is 1.10 bits per heavy atom. The topological polar surface area (TPSA) is 92.8 Å². The third-order valence-electron chi connectivity index (χ3n) is 6.74. The fourth-order valence-electron chi connectivity index (χ4n) is 4.50. The second-order valence-corrected chi connectivity index (χ2v) is 10.9. The van der Waals surface area contributed by atoms with Crippen molar-refractivity contribution in [1.82, 2.24) is 9.62 Å². The number of rotatable bonds is 6. The number of nitrogens with one attached hydrogen (secondary N) is 1. The fraction of sp³-hybridized carbons (Fsp3) is 0.652. The van der Waals surface area contributed by atoms with Crippen molar-refractivity contribution in [3.63, 3.8) is 0 Å². The summed E-state index contributed by atoms with van der Waals surface area (Å²) in [6, 6.07) is 4.61. The lowest BCUT2D eigenvalue weighted by molar-refractivity contribution is -0.125. The van der Waals surface area contributed by atoms with E-state index in [1.807, 2.05) is 0 Å². The van der Waals surface area contributed by atoms with Gasteiger partial charge in [0.05, 0.1) is 10.5 Å². The highest BCUT2D eigenvalue weighted by Gasteiger charge is 2.30. The maximum atomic E-state index is 13.0. The zero-order valence-corrected chi connectivity index (χ0v) is 19.5. The summed E-state index contributed by atoms with van der Waals surface area (Å²) in [5.41, 5.74) is 0.717. The van der Waals surface area contributed by atoms with E-state index in [4.69, 9.17) is 4.74 Å². The van der Waals surface area contributed by atoms with Gasteiger partial charge in [-0.2, -0.15) is 4.31 Å². The van der Waals surface area contributed by atoms with Crippen molar-refractivity contribution in [2.24, 2.45) is 11.8 Å². The summed E-state index contributed by atoms with van der Waals surface area (Å²) in [7, 11) is -3.66. The number of esters is 1. The van der Waals surface area contributed by atoms with Gasteiger partial charge in [-0.05, 0) is 55.7 Å². The van der Waals surface area contributed by atoms with E-state index in [2.05, 4.69) is 19.2 Å². The molecule has 0 aromatic heterocycles. The summed E-state index contributed by atoms with van der Waals surface area (Å²) in [4.78, 5) is 24.9. The number of aryl methyl sites for hydroxylation is 1. The SMILES string of the molecule is Cc1ccc(C(=O)OCC(=O)N[C@@H]2CCC[C@@H](C)[C@@H]2C)cc1S(=O)(=O)N1CCCCC1. The lowest BCUT2D eigenvalue weighted by Gasteiger charge is -2.34. The van der Waals surface area contributed by atoms with Crippen LogP contribution >= 0.6 is 0 Å². The lowest BCUT2D eigenvalue weighted by atomic mass is 9.78. The molecule has 0 radical (unpaired) electrons. The number of hydrogen-bond acceptors (Lipinski definition) is 5. The maximum absolute atomic E-state index is 13.0. The molecule has 7 nitrogen and oxygen atoms in total. The predicted octanol–water partition coefficient (Wildman–Crippen LogP) is 3.27. The summed E-state index contributed by atoms with van der Waals surface area (Å²) in [5, 5.41) is 2.97. The number of carbonyl (C=O) groups is 2. The van der Waals surface area contributed by atoms with Crippen LogP contribution in [-0.2, 0) is 19.6 Å². The van der Waals surface area contributed by atoms with Crippen LogP contribution in [0.25, 0.3) is 0 Å². The van der Waals surface area contributed by atoms with Gasteiger partial charge < -0.3 is 10.1 Å². The molecule has 1 aromatic rings. The van der Waals surface area contributed by atoms with Crippen LogP contribution in [0.15, 0.2) is 23.1 Å². The molecule has 1 aliphatic heterocycles. The summed E-state index contributed by atoms with van der Waals surface area (Å²) < 4.78 is 32.7. The molecule has 172 valence electrons. The number of carbonyl (C=O) groups excluding carboxylic acids is 2. The molecule has 1 aliphatic carbocycles. The van der Waals surface area contributed by atoms with E-state index in [9.17, 15) is 18.0 Å². The lowest BCUT2D eigenvalue weighted by Crippen LogP contribution is -2.45. The first-order valence-corrected chi connectivity index (χ1v) is 12.7. The number of ether oxygens (including phenoxy) is 1. The average molecular weight is 451 g/mol. The first-order valence-electron chi connectivity index (χ1n) is 11.3. The summed E-state index contributed by atoms with van der Waals surface area (Å²) in [5.74, 6) is -0.0923. The van der Waals surface area contributed by atoms with E-state index in [1.54, 1.807) is 13.0 Å². The van der Waals surface area contributed by atoms with Crippen molar-refractivity contribution in [2.45, 2.75) is 70.2 Å². The van der Waals surface area contributed by atoms with Gasteiger partial charge in [0, 0.05) is 19.1 Å². The van der Waals surface area contributed by atoms with Gasteiger partial charge in [0.2, 0.25) is 10.0 Å². The molecular weight excluding hydrogens is 416 g/mol. The first-order chi connectivity index (χ1) is 14.7. The molecule has 31 heavy (non-hydrogen) atoms. The second kappa shape index (κ2) is 10.1. The molecule has 2 aliphatic rings. The van der Waals surface area contributed by atoms with E-state index < -0.39 is 16.0 Å². The van der Waals surface area contributed by atoms with Crippen molar-refractivity contribution in [1.29, 1.82) is 0 Å². The van der Waals surface area contributed by atoms with Gasteiger partial charge in [0.1, 0.15) is 0 Å². The number of nitrogens with zero attached hydrogens (tertiary/aromatic N) is 1. The zero-order chi connectivity index (χ0) is 22.6. The molecule has 1 N–H and O–H groups in total. The van der Waals surface area contributed by atoms with Crippen LogP contribution in [0.2, 0.25) is 0 Å². The molecule has 1 amide bonds. The minimum Gasteiger partial charge on any atom is -0.452 e. The number of sulfonamides is 1. The number of hydrogen-bond donors (Lipinski definition) is 1. The number of piperidine rings is 1. The predicted molar refractivity (Wildman–Crippen MR) is 118 cm³/mol. The Morgan fingerprint density at radius 2 is 1.81 bits per heavy atom. The van der Waals surface area contributed by atoms with Crippen LogP contribution < -0.4 is 5.32 Å². The van der Waals surface area contributed by atoms with E-state index in [1.165, 1.54) is 22.9 Å². The minimum absolute atomic E-state index is 0.0932. The molecular formula is C23H34N2O5S. The molecule has 0 spiro atoms. The van der Waals surface area contributed by atoms with Gasteiger partial charge in [0.15, 0.2) is 6.61 Å². The first kappa shape index (κ1) is 23.7. The van der Waals surface area contributed by atoms with Crippen LogP contribution in [0, 0.1) is 18.8 Å². The maximum Gasteiger partial charge on any atom is 0.338 e. The monoisotopic (exact) mass is 450 g/mol. The normalized spacial score (nSPS) is 25.1. The van der Waals surface area contributed by atoms with Crippen molar-refractivity contribution >= 4 is 21.9 Å². The van der Waals surface area contributed by atoms with E-state index in [-0.39, 0.29) is 29.0 Å². The van der Waals surface area contributed by atoms with Crippen molar-refractivity contribution in [3.8, 4) is 0 Å². The Morgan fingerprint density at radius 3 is 2.52 bits per heavy atom. The van der Waals surface area contributed by atoms with Gasteiger partial charge >= 0.3 is 5.97 Å². The molecule has 0 bridgehead atoms. The van der Waals surface area contributed by atoms with E-state index in [0.29, 0.717) is 30.5 Å². The third kappa shape index (κ3) is 5.66. The average Bonchev–Trinajstić information content (AvgIpc) is 2.76. The Hall–Kier alpha value is -1.93. The quantitative estimate of drug-likeness (QED) is 0.672. The highest BCUT2D eigenvalue weighted by molar-refractivity contribution is 7.89. The van der Waals surface area contributed by atoms with Gasteiger partial charge in [-0.3, -0.25) is 4.79 Å². The third-order valence-corrected chi connectivity index (χ3v) is 8.78. The van der Waals surface area contributed by atoms with E-state index in [0.717, 1.165) is 32.1 Å². The molecule has 8 heteroatoms. The molecule has 1 saturated heterocycles. The van der Waals surface area contributed by atoms with Gasteiger partial charge in [0.25, 0.3) is 5.91 Å². The molecule has 3 atom stereocenters. The standard InChI is InChI=1S/C23H34N2O5S/c1-16-8-7-9-20(18(16)3)24-22(26)15-30-23(27)19-11-10-17(2)21(14-19)31(28,29)25-12-5-4-6-13-25/h10-11,14,16,18,20H,4-9,12-13,15H2,1-3H3,(H,24,26)/t16-,18+,20-/m1/s1. The van der Waals surface area contributed by atoms with Gasteiger partial charge in [-0.1, -0.05) is 39.2 Å². The Bertz CT molecular complexity index is 909. The summed E-state index contributed by atoms with van der Waals surface area (Å²) in [6.45, 7) is 6.65. The molecule has 0 unspecified atom stereocenters. The van der Waals surface area contributed by atoms with Gasteiger partial charge in [-0.25, -0.2) is 13.2 Å². The summed E-state index contributed by atoms with van der Waals surface area (Å²) in [6.07, 6.45) is 5.88. The Labute approximate surface area is 185 Å². The van der Waals surface area contributed by atoms with Crippen LogP contribution in [0.4, 0.5) is 0 Å². The summed E-state index contributed by atoms with van der Waals surface area (Å²) >= 11 is 0. The molecule has 1 heterocycles. The molecule has 3 rings (SSSR count). The highest BCUT2D eigenvalue weighted by atomic mass is 32.2. The second-order valence-electron chi connectivity index (χ2n) is 8.96. The molecule has 2 fully saturated rings. The Kier molecular flexibility index (Phi) is 7.75. The fourth-order valence-corrected chi connectivity index (χ4v) is 6.27. The van der Waals surface area contributed by atoms with Crippen LogP contribution in [0.3, 0.4) is 0 Å². The van der Waals surface area contributed by atoms with Crippen molar-refractivity contribution in [2.75, 3.05) is 19.7 Å². The largest absolute Gasteiger partial charge is 0.452 e. The smallest absolute Gasteiger partial charge is 0.338 e. The Balaban J connectivity index is 1.63. The molecule has 1 saturated carbocycles. The zero-order valence-electron chi connectivity index (χ0n) is 18.7. The highest BCUT2D eigenvalue weighted by Crippen LogP contribution is 2.29.